The number of nitrogens with one attached hydrogen (secondary N) is 1. The van der Waals surface area contributed by atoms with E-state index in [4.69, 9.17) is 10.5 Å². The van der Waals surface area contributed by atoms with Crippen LogP contribution in [0.5, 0.6) is 5.88 Å². The molecule has 0 spiro atoms. The molecular formula is C7H8N4O. The SMILES string of the molecule is COc1ncnc2[nH]cc(N)c12. The molecule has 0 radical (unpaired) electrons. The van der Waals surface area contributed by atoms with E-state index in [1.807, 2.05) is 0 Å². The van der Waals surface area contributed by atoms with Gasteiger partial charge in [-0.25, -0.2) is 9.97 Å². The highest BCUT2D eigenvalue weighted by molar-refractivity contribution is 5.92. The van der Waals surface area contributed by atoms with Gasteiger partial charge in [0.2, 0.25) is 5.88 Å². The van der Waals surface area contributed by atoms with Crippen LogP contribution in [-0.2, 0) is 0 Å². The second kappa shape index (κ2) is 2.37. The van der Waals surface area contributed by atoms with Crippen molar-refractivity contribution in [2.24, 2.45) is 0 Å². The van der Waals surface area contributed by atoms with Gasteiger partial charge in [-0.1, -0.05) is 0 Å². The van der Waals surface area contributed by atoms with Crippen molar-refractivity contribution in [1.29, 1.82) is 0 Å². The molecule has 0 saturated carbocycles. The molecule has 0 fully saturated rings. The maximum atomic E-state index is 5.66. The van der Waals surface area contributed by atoms with E-state index in [0.717, 1.165) is 5.39 Å². The van der Waals surface area contributed by atoms with E-state index in [1.54, 1.807) is 13.3 Å². The Labute approximate surface area is 68.6 Å². The molecule has 0 bridgehead atoms. The first kappa shape index (κ1) is 6.90. The fourth-order valence-electron chi connectivity index (χ4n) is 1.11. The molecule has 0 unspecified atom stereocenters. The van der Waals surface area contributed by atoms with E-state index in [1.165, 1.54) is 6.33 Å². The lowest BCUT2D eigenvalue weighted by molar-refractivity contribution is 0.403. The zero-order valence-corrected chi connectivity index (χ0v) is 6.53. The van der Waals surface area contributed by atoms with Crippen LogP contribution in [0, 0.1) is 0 Å². The second-order valence-corrected chi connectivity index (χ2v) is 2.35. The molecule has 2 aromatic rings. The third-order valence-electron chi connectivity index (χ3n) is 1.66. The number of hydrogen-bond donors (Lipinski definition) is 2. The predicted molar refractivity (Wildman–Crippen MR) is 44.9 cm³/mol. The summed E-state index contributed by atoms with van der Waals surface area (Å²) in [6.07, 6.45) is 3.10. The lowest BCUT2D eigenvalue weighted by Gasteiger charge is -1.98. The van der Waals surface area contributed by atoms with Crippen LogP contribution in [0.15, 0.2) is 12.5 Å². The number of aromatic nitrogens is 3. The molecule has 2 heterocycles. The van der Waals surface area contributed by atoms with Crippen molar-refractivity contribution in [2.75, 3.05) is 12.8 Å². The van der Waals surface area contributed by atoms with Crippen LogP contribution in [0.2, 0.25) is 0 Å². The quantitative estimate of drug-likeness (QED) is 0.645. The van der Waals surface area contributed by atoms with Crippen molar-refractivity contribution in [3.63, 3.8) is 0 Å². The van der Waals surface area contributed by atoms with Crippen molar-refractivity contribution >= 4 is 16.7 Å². The molecule has 0 aliphatic carbocycles. The molecular weight excluding hydrogens is 156 g/mol. The van der Waals surface area contributed by atoms with Crippen LogP contribution in [0.25, 0.3) is 11.0 Å². The van der Waals surface area contributed by atoms with Crippen molar-refractivity contribution in [3.8, 4) is 5.88 Å². The van der Waals surface area contributed by atoms with Gasteiger partial charge in [0.1, 0.15) is 17.4 Å². The van der Waals surface area contributed by atoms with E-state index in [0.29, 0.717) is 17.2 Å². The largest absolute Gasteiger partial charge is 0.480 e. The topological polar surface area (TPSA) is 76.8 Å². The average molecular weight is 164 g/mol. The van der Waals surface area contributed by atoms with E-state index in [-0.39, 0.29) is 0 Å². The van der Waals surface area contributed by atoms with Crippen molar-refractivity contribution in [1.82, 2.24) is 15.0 Å². The Morgan fingerprint density at radius 1 is 1.50 bits per heavy atom. The Hall–Kier alpha value is -1.78. The summed E-state index contributed by atoms with van der Waals surface area (Å²) in [6, 6.07) is 0. The Morgan fingerprint density at radius 3 is 3.08 bits per heavy atom. The number of nitrogens with two attached hydrogens (primary N) is 1. The first-order valence-corrected chi connectivity index (χ1v) is 3.44. The third-order valence-corrected chi connectivity index (χ3v) is 1.66. The summed E-state index contributed by atoms with van der Waals surface area (Å²) in [5.41, 5.74) is 6.95. The molecule has 2 aromatic heterocycles. The second-order valence-electron chi connectivity index (χ2n) is 2.35. The summed E-state index contributed by atoms with van der Waals surface area (Å²) in [5.74, 6) is 0.499. The summed E-state index contributed by atoms with van der Waals surface area (Å²) < 4.78 is 5.02. The van der Waals surface area contributed by atoms with Gasteiger partial charge in [-0.15, -0.1) is 0 Å². The highest BCUT2D eigenvalue weighted by Gasteiger charge is 2.07. The minimum Gasteiger partial charge on any atom is -0.480 e. The maximum absolute atomic E-state index is 5.66. The van der Waals surface area contributed by atoms with Crippen LogP contribution in [0.4, 0.5) is 5.69 Å². The molecule has 12 heavy (non-hydrogen) atoms. The van der Waals surface area contributed by atoms with Crippen LogP contribution in [0.1, 0.15) is 0 Å². The van der Waals surface area contributed by atoms with Gasteiger partial charge in [0, 0.05) is 6.20 Å². The first-order valence-electron chi connectivity index (χ1n) is 3.44. The smallest absolute Gasteiger partial charge is 0.227 e. The number of nitrogen functional groups attached to an aromatic ring is 1. The van der Waals surface area contributed by atoms with Gasteiger partial charge >= 0.3 is 0 Å². The maximum Gasteiger partial charge on any atom is 0.227 e. The molecule has 0 aliphatic heterocycles. The summed E-state index contributed by atoms with van der Waals surface area (Å²) in [7, 11) is 1.55. The molecule has 5 nitrogen and oxygen atoms in total. The summed E-state index contributed by atoms with van der Waals surface area (Å²) in [4.78, 5) is 10.8. The van der Waals surface area contributed by atoms with Crippen LogP contribution in [0.3, 0.4) is 0 Å². The fraction of sp³-hybridized carbons (Fsp3) is 0.143. The van der Waals surface area contributed by atoms with Gasteiger partial charge in [0.05, 0.1) is 12.8 Å². The Bertz CT molecular complexity index is 409. The molecule has 2 rings (SSSR count). The Kier molecular flexibility index (Phi) is 1.36. The molecule has 0 aromatic carbocycles. The number of rotatable bonds is 1. The Morgan fingerprint density at radius 2 is 2.33 bits per heavy atom. The number of aromatic amines is 1. The van der Waals surface area contributed by atoms with Crippen LogP contribution >= 0.6 is 0 Å². The monoisotopic (exact) mass is 164 g/mol. The molecule has 3 N–H and O–H groups in total. The number of fused-ring (bicyclic) bond motifs is 1. The summed E-state index contributed by atoms with van der Waals surface area (Å²) >= 11 is 0. The minimum absolute atomic E-state index is 0.499. The number of hydrogen-bond acceptors (Lipinski definition) is 4. The van der Waals surface area contributed by atoms with Gasteiger partial charge in [-0.2, -0.15) is 0 Å². The van der Waals surface area contributed by atoms with Crippen LogP contribution < -0.4 is 10.5 Å². The average Bonchev–Trinajstić information content (AvgIpc) is 2.48. The highest BCUT2D eigenvalue weighted by Crippen LogP contribution is 2.25. The lowest BCUT2D eigenvalue weighted by Crippen LogP contribution is -1.91. The van der Waals surface area contributed by atoms with Gasteiger partial charge in [0.25, 0.3) is 0 Å². The van der Waals surface area contributed by atoms with Crippen molar-refractivity contribution < 1.29 is 4.74 Å². The van der Waals surface area contributed by atoms with Crippen LogP contribution in [-0.4, -0.2) is 22.1 Å². The zero-order chi connectivity index (χ0) is 8.55. The number of ether oxygens (including phenoxy) is 1. The van der Waals surface area contributed by atoms with Gasteiger partial charge in [-0.3, -0.25) is 0 Å². The minimum atomic E-state index is 0.499. The number of nitrogens with zero attached hydrogens (tertiary/aromatic N) is 2. The highest BCUT2D eigenvalue weighted by atomic mass is 16.5. The van der Waals surface area contributed by atoms with E-state index >= 15 is 0 Å². The summed E-state index contributed by atoms with van der Waals surface area (Å²) in [6.45, 7) is 0. The van der Waals surface area contributed by atoms with E-state index in [2.05, 4.69) is 15.0 Å². The van der Waals surface area contributed by atoms with Crippen molar-refractivity contribution in [2.45, 2.75) is 0 Å². The zero-order valence-electron chi connectivity index (χ0n) is 6.53. The Balaban J connectivity index is 2.84. The molecule has 62 valence electrons. The number of H-pyrrole nitrogens is 1. The predicted octanol–water partition coefficient (Wildman–Crippen LogP) is 0.549. The molecule has 0 aliphatic rings. The number of methoxy groups -OCH3 is 1. The standard InChI is InChI=1S/C7H8N4O/c1-12-7-5-4(8)2-9-6(5)10-3-11-7/h2-3H,8H2,1H3,(H,9,10,11). The summed E-state index contributed by atoms with van der Waals surface area (Å²) in [5, 5.41) is 0.736. The molecule has 5 heteroatoms. The fourth-order valence-corrected chi connectivity index (χ4v) is 1.11. The third kappa shape index (κ3) is 0.795. The normalized spacial score (nSPS) is 10.4. The first-order chi connectivity index (χ1) is 5.83. The number of anilines is 1. The molecule has 0 saturated heterocycles. The van der Waals surface area contributed by atoms with E-state index < -0.39 is 0 Å². The van der Waals surface area contributed by atoms with Gasteiger partial charge < -0.3 is 15.5 Å². The lowest BCUT2D eigenvalue weighted by atomic mass is 10.3. The molecule has 0 atom stereocenters. The van der Waals surface area contributed by atoms with Crippen molar-refractivity contribution in [3.05, 3.63) is 12.5 Å². The van der Waals surface area contributed by atoms with Gasteiger partial charge in [0.15, 0.2) is 0 Å². The van der Waals surface area contributed by atoms with Gasteiger partial charge in [-0.05, 0) is 0 Å². The molecule has 0 amide bonds. The van der Waals surface area contributed by atoms with E-state index in [9.17, 15) is 0 Å².